The van der Waals surface area contributed by atoms with E-state index in [0.717, 1.165) is 0 Å². The number of anilines is 1. The number of pyridine rings is 1. The largest absolute Gasteiger partial charge is 0.472 e. The fraction of sp³-hybridized carbons (Fsp3) is 0. The van der Waals surface area contributed by atoms with E-state index in [4.69, 9.17) is 10.2 Å². The number of nitriles is 1. The molecule has 0 aliphatic carbocycles. The van der Waals surface area contributed by atoms with Crippen molar-refractivity contribution >= 4 is 5.82 Å². The van der Waals surface area contributed by atoms with E-state index in [1.807, 2.05) is 6.07 Å². The summed E-state index contributed by atoms with van der Waals surface area (Å²) in [6.45, 7) is 0. The van der Waals surface area contributed by atoms with Gasteiger partial charge in [-0.15, -0.1) is 0 Å². The van der Waals surface area contributed by atoms with Crippen LogP contribution in [0.5, 0.6) is 0 Å². The number of aromatic nitrogens is 1. The maximum atomic E-state index is 14.0. The molecule has 2 N–H and O–H groups in total. The first-order valence-electron chi connectivity index (χ1n) is 6.19. The van der Waals surface area contributed by atoms with Crippen molar-refractivity contribution < 1.29 is 8.81 Å². The lowest BCUT2D eigenvalue weighted by atomic mass is 9.98. The first kappa shape index (κ1) is 12.9. The molecule has 0 bridgehead atoms. The summed E-state index contributed by atoms with van der Waals surface area (Å²) in [4.78, 5) is 4.18. The van der Waals surface area contributed by atoms with Crippen LogP contribution in [0.2, 0.25) is 0 Å². The van der Waals surface area contributed by atoms with Gasteiger partial charge in [0.05, 0.1) is 18.2 Å². The quantitative estimate of drug-likeness (QED) is 0.777. The van der Waals surface area contributed by atoms with Crippen molar-refractivity contribution in [2.24, 2.45) is 0 Å². The minimum absolute atomic E-state index is 0.0643. The highest BCUT2D eigenvalue weighted by Gasteiger charge is 2.16. The molecule has 0 aliphatic heterocycles. The summed E-state index contributed by atoms with van der Waals surface area (Å²) >= 11 is 0. The second kappa shape index (κ2) is 5.10. The average molecular weight is 279 g/mol. The van der Waals surface area contributed by atoms with E-state index in [1.54, 1.807) is 30.3 Å². The van der Waals surface area contributed by atoms with Gasteiger partial charge in [-0.05, 0) is 18.2 Å². The zero-order chi connectivity index (χ0) is 14.8. The standard InChI is InChI=1S/C16H10FN3O/c17-14-4-2-1-3-11(14)12-7-15(10-5-6-21-9-10)20-16(19)13(12)8-18/h1-7,9H,(H2,19,20). The smallest absolute Gasteiger partial charge is 0.142 e. The summed E-state index contributed by atoms with van der Waals surface area (Å²) in [6, 6.07) is 11.6. The molecule has 0 saturated heterocycles. The maximum Gasteiger partial charge on any atom is 0.142 e. The Morgan fingerprint density at radius 1 is 1.19 bits per heavy atom. The van der Waals surface area contributed by atoms with Crippen LogP contribution in [-0.2, 0) is 0 Å². The predicted octanol–water partition coefficient (Wildman–Crippen LogP) is 3.60. The predicted molar refractivity (Wildman–Crippen MR) is 76.5 cm³/mol. The topological polar surface area (TPSA) is 75.8 Å². The average Bonchev–Trinajstić information content (AvgIpc) is 3.01. The molecule has 0 aliphatic rings. The van der Waals surface area contributed by atoms with Gasteiger partial charge in [0, 0.05) is 16.7 Å². The highest BCUT2D eigenvalue weighted by Crippen LogP contribution is 2.32. The van der Waals surface area contributed by atoms with Crippen LogP contribution >= 0.6 is 0 Å². The zero-order valence-electron chi connectivity index (χ0n) is 10.9. The minimum Gasteiger partial charge on any atom is -0.472 e. The molecule has 0 spiro atoms. The minimum atomic E-state index is -0.419. The summed E-state index contributed by atoms with van der Waals surface area (Å²) in [6.07, 6.45) is 3.02. The fourth-order valence-corrected chi connectivity index (χ4v) is 2.13. The molecule has 5 heteroatoms. The Bertz CT molecular complexity index is 835. The summed E-state index contributed by atoms with van der Waals surface area (Å²) < 4.78 is 19.0. The molecule has 1 aromatic carbocycles. The van der Waals surface area contributed by atoms with Crippen molar-refractivity contribution in [3.8, 4) is 28.5 Å². The Morgan fingerprint density at radius 2 is 2.00 bits per heavy atom. The zero-order valence-corrected chi connectivity index (χ0v) is 10.9. The molecule has 3 aromatic rings. The number of nitrogens with two attached hydrogens (primary N) is 1. The van der Waals surface area contributed by atoms with Gasteiger partial charge < -0.3 is 10.2 Å². The summed E-state index contributed by atoms with van der Waals surface area (Å²) in [5.41, 5.74) is 7.97. The first-order chi connectivity index (χ1) is 10.2. The van der Waals surface area contributed by atoms with Crippen molar-refractivity contribution in [3.63, 3.8) is 0 Å². The Balaban J connectivity index is 2.29. The van der Waals surface area contributed by atoms with Crippen LogP contribution in [0.4, 0.5) is 10.2 Å². The van der Waals surface area contributed by atoms with Crippen LogP contribution in [-0.4, -0.2) is 4.98 Å². The number of benzene rings is 1. The van der Waals surface area contributed by atoms with Gasteiger partial charge in [0.25, 0.3) is 0 Å². The lowest BCUT2D eigenvalue weighted by Gasteiger charge is -2.09. The number of halogens is 1. The number of hydrogen-bond donors (Lipinski definition) is 1. The second-order valence-electron chi connectivity index (χ2n) is 4.42. The molecule has 2 heterocycles. The Kier molecular flexibility index (Phi) is 3.13. The van der Waals surface area contributed by atoms with Gasteiger partial charge in [-0.25, -0.2) is 9.37 Å². The van der Waals surface area contributed by atoms with E-state index < -0.39 is 5.82 Å². The molecule has 2 aromatic heterocycles. The van der Waals surface area contributed by atoms with Crippen molar-refractivity contribution in [2.75, 3.05) is 5.73 Å². The number of nitrogen functional groups attached to an aromatic ring is 1. The molecule has 102 valence electrons. The maximum absolute atomic E-state index is 14.0. The van der Waals surface area contributed by atoms with Gasteiger partial charge in [0.1, 0.15) is 23.3 Å². The summed E-state index contributed by atoms with van der Waals surface area (Å²) in [7, 11) is 0. The third-order valence-corrected chi connectivity index (χ3v) is 3.14. The molecular weight excluding hydrogens is 269 g/mol. The van der Waals surface area contributed by atoms with Crippen molar-refractivity contribution in [2.45, 2.75) is 0 Å². The monoisotopic (exact) mass is 279 g/mol. The number of nitrogens with zero attached hydrogens (tertiary/aromatic N) is 2. The number of furan rings is 1. The van der Waals surface area contributed by atoms with E-state index in [-0.39, 0.29) is 11.4 Å². The Labute approximate surface area is 120 Å². The van der Waals surface area contributed by atoms with Gasteiger partial charge >= 0.3 is 0 Å². The molecule has 0 amide bonds. The normalized spacial score (nSPS) is 10.3. The van der Waals surface area contributed by atoms with Crippen LogP contribution in [0, 0.1) is 17.1 Å². The fourth-order valence-electron chi connectivity index (χ4n) is 2.13. The highest BCUT2D eigenvalue weighted by atomic mass is 19.1. The van der Waals surface area contributed by atoms with Crippen LogP contribution in [0.3, 0.4) is 0 Å². The molecule has 0 radical (unpaired) electrons. The SMILES string of the molecule is N#Cc1c(-c2ccccc2F)cc(-c2ccoc2)nc1N. The van der Waals surface area contributed by atoms with Gasteiger partial charge in [-0.3, -0.25) is 0 Å². The number of hydrogen-bond acceptors (Lipinski definition) is 4. The van der Waals surface area contributed by atoms with Crippen LogP contribution in [0.1, 0.15) is 5.56 Å². The summed E-state index contributed by atoms with van der Waals surface area (Å²) in [5, 5.41) is 9.26. The van der Waals surface area contributed by atoms with Gasteiger partial charge in [-0.2, -0.15) is 5.26 Å². The van der Waals surface area contributed by atoms with Gasteiger partial charge in [0.2, 0.25) is 0 Å². The molecule has 0 unspecified atom stereocenters. The van der Waals surface area contributed by atoms with E-state index >= 15 is 0 Å². The lowest BCUT2D eigenvalue weighted by molar-refractivity contribution is 0.568. The Hall–Kier alpha value is -3.13. The molecule has 3 rings (SSSR count). The molecular formula is C16H10FN3O. The second-order valence-corrected chi connectivity index (χ2v) is 4.42. The first-order valence-corrected chi connectivity index (χ1v) is 6.19. The molecule has 21 heavy (non-hydrogen) atoms. The van der Waals surface area contributed by atoms with Crippen molar-refractivity contribution in [1.82, 2.24) is 4.98 Å². The van der Waals surface area contributed by atoms with E-state index in [0.29, 0.717) is 22.4 Å². The van der Waals surface area contributed by atoms with E-state index in [1.165, 1.54) is 18.6 Å². The van der Waals surface area contributed by atoms with Crippen LogP contribution in [0.25, 0.3) is 22.4 Å². The molecule has 4 nitrogen and oxygen atoms in total. The summed E-state index contributed by atoms with van der Waals surface area (Å²) in [5.74, 6) is -0.354. The number of rotatable bonds is 2. The third-order valence-electron chi connectivity index (χ3n) is 3.14. The highest BCUT2D eigenvalue weighted by molar-refractivity contribution is 5.80. The van der Waals surface area contributed by atoms with E-state index in [9.17, 15) is 9.65 Å². The van der Waals surface area contributed by atoms with Crippen molar-refractivity contribution in [1.29, 1.82) is 5.26 Å². The van der Waals surface area contributed by atoms with Crippen LogP contribution < -0.4 is 5.73 Å². The van der Waals surface area contributed by atoms with Crippen molar-refractivity contribution in [3.05, 3.63) is 60.3 Å². The molecule has 0 fully saturated rings. The third kappa shape index (κ3) is 2.23. The molecule has 0 atom stereocenters. The molecule has 0 saturated carbocycles. The van der Waals surface area contributed by atoms with E-state index in [2.05, 4.69) is 4.98 Å². The Morgan fingerprint density at radius 3 is 2.67 bits per heavy atom. The van der Waals surface area contributed by atoms with Gasteiger partial charge in [0.15, 0.2) is 0 Å². The lowest BCUT2D eigenvalue weighted by Crippen LogP contribution is -2.00. The van der Waals surface area contributed by atoms with Gasteiger partial charge in [-0.1, -0.05) is 18.2 Å². The van der Waals surface area contributed by atoms with Crippen LogP contribution in [0.15, 0.2) is 53.3 Å².